The van der Waals surface area contributed by atoms with E-state index < -0.39 is 34.8 Å². The third-order valence-corrected chi connectivity index (χ3v) is 7.02. The van der Waals surface area contributed by atoms with Gasteiger partial charge in [0.2, 0.25) is 0 Å². The monoisotopic (exact) mass is 392 g/mol. The first-order valence-corrected chi connectivity index (χ1v) is 10.4. The van der Waals surface area contributed by atoms with Gasteiger partial charge in [0, 0.05) is 31.1 Å². The molecule has 2 unspecified atom stereocenters. The summed E-state index contributed by atoms with van der Waals surface area (Å²) in [7, 11) is -5.39. The van der Waals surface area contributed by atoms with Gasteiger partial charge in [-0.2, -0.15) is 17.4 Å². The fourth-order valence-corrected chi connectivity index (χ4v) is 5.37. The molecule has 2 fully saturated rings. The SMILES string of the molecule is NC1CCCCC1NS(=O)(=O)N1C[C@H](CCCB(O)O)[C@](N)(C(=O)O)C1. The van der Waals surface area contributed by atoms with Crippen molar-refractivity contribution in [3.8, 4) is 0 Å². The van der Waals surface area contributed by atoms with Crippen molar-refractivity contribution in [2.75, 3.05) is 13.1 Å². The highest BCUT2D eigenvalue weighted by Crippen LogP contribution is 2.32. The topological polar surface area (TPSA) is 179 Å². The van der Waals surface area contributed by atoms with Gasteiger partial charge in [0.05, 0.1) is 0 Å². The van der Waals surface area contributed by atoms with Crippen molar-refractivity contribution in [2.24, 2.45) is 17.4 Å². The number of carbonyl (C=O) groups is 1. The lowest BCUT2D eigenvalue weighted by Crippen LogP contribution is -2.56. The Morgan fingerprint density at radius 2 is 1.96 bits per heavy atom. The largest absolute Gasteiger partial charge is 0.480 e. The molecule has 0 spiro atoms. The molecule has 10 nitrogen and oxygen atoms in total. The number of rotatable bonds is 8. The van der Waals surface area contributed by atoms with E-state index in [1.54, 1.807) is 0 Å². The number of hydrogen-bond acceptors (Lipinski definition) is 7. The molecule has 0 radical (unpaired) electrons. The molecule has 2 aliphatic rings. The summed E-state index contributed by atoms with van der Waals surface area (Å²) >= 11 is 0. The Bertz CT molecular complexity index is 606. The van der Waals surface area contributed by atoms with Crippen LogP contribution < -0.4 is 16.2 Å². The van der Waals surface area contributed by atoms with Crippen molar-refractivity contribution in [3.63, 3.8) is 0 Å². The maximum absolute atomic E-state index is 12.7. The molecule has 1 saturated heterocycles. The van der Waals surface area contributed by atoms with Gasteiger partial charge in [0.25, 0.3) is 10.2 Å². The number of hydrogen-bond donors (Lipinski definition) is 6. The zero-order valence-corrected chi connectivity index (χ0v) is 15.6. The fraction of sp³-hybridized carbons (Fsp3) is 0.929. The second-order valence-electron chi connectivity index (χ2n) is 7.42. The van der Waals surface area contributed by atoms with Gasteiger partial charge in [-0.15, -0.1) is 0 Å². The second kappa shape index (κ2) is 8.51. The molecule has 26 heavy (non-hydrogen) atoms. The molecule has 0 aromatic rings. The van der Waals surface area contributed by atoms with E-state index in [1.165, 1.54) is 0 Å². The number of aliphatic carboxylic acids is 1. The van der Waals surface area contributed by atoms with Crippen LogP contribution in [0.5, 0.6) is 0 Å². The first kappa shape index (κ1) is 21.5. The van der Waals surface area contributed by atoms with Crippen LogP contribution in [0.25, 0.3) is 0 Å². The van der Waals surface area contributed by atoms with Crippen LogP contribution in [0.4, 0.5) is 0 Å². The minimum Gasteiger partial charge on any atom is -0.480 e. The second-order valence-corrected chi connectivity index (χ2v) is 9.13. The molecule has 1 heterocycles. The van der Waals surface area contributed by atoms with Crippen LogP contribution in [-0.2, 0) is 15.0 Å². The number of carboxylic acid groups (broad SMARTS) is 1. The lowest BCUT2D eigenvalue weighted by atomic mass is 9.78. The maximum Gasteiger partial charge on any atom is 0.451 e. The Kier molecular flexibility index (Phi) is 7.05. The van der Waals surface area contributed by atoms with Gasteiger partial charge < -0.3 is 26.6 Å². The van der Waals surface area contributed by atoms with Gasteiger partial charge >= 0.3 is 13.1 Å². The van der Waals surface area contributed by atoms with Gasteiger partial charge in [0.1, 0.15) is 5.54 Å². The molecule has 12 heteroatoms. The van der Waals surface area contributed by atoms with Crippen LogP contribution >= 0.6 is 0 Å². The van der Waals surface area contributed by atoms with Crippen molar-refractivity contribution in [2.45, 2.75) is 62.5 Å². The molecule has 4 atom stereocenters. The molecule has 0 bridgehead atoms. The van der Waals surface area contributed by atoms with Crippen LogP contribution in [0.2, 0.25) is 6.32 Å². The fourth-order valence-electron chi connectivity index (χ4n) is 3.79. The average Bonchev–Trinajstić information content (AvgIpc) is 2.89. The molecule has 1 aliphatic carbocycles. The quantitative estimate of drug-likeness (QED) is 0.258. The van der Waals surface area contributed by atoms with Gasteiger partial charge in [-0.1, -0.05) is 19.3 Å². The third kappa shape index (κ3) is 4.94. The average molecular weight is 392 g/mol. The Morgan fingerprint density at radius 3 is 2.54 bits per heavy atom. The van der Waals surface area contributed by atoms with Crippen molar-refractivity contribution in [1.82, 2.24) is 9.03 Å². The van der Waals surface area contributed by atoms with Crippen LogP contribution in [0.3, 0.4) is 0 Å². The van der Waals surface area contributed by atoms with E-state index >= 15 is 0 Å². The lowest BCUT2D eigenvalue weighted by molar-refractivity contribution is -0.144. The van der Waals surface area contributed by atoms with Crippen LogP contribution in [0.1, 0.15) is 38.5 Å². The summed E-state index contributed by atoms with van der Waals surface area (Å²) in [6.45, 7) is -0.354. The van der Waals surface area contributed by atoms with Crippen molar-refractivity contribution >= 4 is 23.3 Å². The molecule has 1 saturated carbocycles. The molecule has 1 aliphatic heterocycles. The molecular weight excluding hydrogens is 363 g/mol. The summed E-state index contributed by atoms with van der Waals surface area (Å²) in [4.78, 5) is 11.7. The first-order chi connectivity index (χ1) is 12.1. The molecule has 0 aromatic heterocycles. The van der Waals surface area contributed by atoms with Crippen molar-refractivity contribution in [1.29, 1.82) is 0 Å². The molecule has 150 valence electrons. The molecular formula is C14H29BN4O6S. The van der Waals surface area contributed by atoms with Crippen LogP contribution in [0.15, 0.2) is 0 Å². The highest BCUT2D eigenvalue weighted by Gasteiger charge is 2.52. The Balaban J connectivity index is 2.07. The number of nitrogens with one attached hydrogen (secondary N) is 1. The van der Waals surface area contributed by atoms with E-state index in [-0.39, 0.29) is 37.9 Å². The minimum absolute atomic E-state index is 0.0262. The van der Waals surface area contributed by atoms with E-state index in [1.807, 2.05) is 0 Å². The van der Waals surface area contributed by atoms with Crippen molar-refractivity contribution in [3.05, 3.63) is 0 Å². The summed E-state index contributed by atoms with van der Waals surface area (Å²) in [6.07, 6.45) is 3.96. The predicted molar refractivity (Wildman–Crippen MR) is 96.1 cm³/mol. The van der Waals surface area contributed by atoms with Crippen molar-refractivity contribution < 1.29 is 28.4 Å². The lowest BCUT2D eigenvalue weighted by Gasteiger charge is -2.30. The Labute approximate surface area is 154 Å². The van der Waals surface area contributed by atoms with E-state index in [0.29, 0.717) is 12.8 Å². The Hall–Kier alpha value is -0.755. The van der Waals surface area contributed by atoms with E-state index in [4.69, 9.17) is 21.5 Å². The van der Waals surface area contributed by atoms with Gasteiger partial charge in [0.15, 0.2) is 0 Å². The zero-order chi connectivity index (χ0) is 19.5. The van der Waals surface area contributed by atoms with E-state index in [2.05, 4.69) is 4.72 Å². The summed E-state index contributed by atoms with van der Waals surface area (Å²) in [5, 5.41) is 27.4. The molecule has 0 aromatic carbocycles. The number of nitrogens with two attached hydrogens (primary N) is 2. The summed E-state index contributed by atoms with van der Waals surface area (Å²) in [6, 6.07) is -0.626. The normalized spacial score (nSPS) is 33.3. The first-order valence-electron chi connectivity index (χ1n) is 8.97. The zero-order valence-electron chi connectivity index (χ0n) is 14.7. The molecule has 8 N–H and O–H groups in total. The van der Waals surface area contributed by atoms with Gasteiger partial charge in [-0.3, -0.25) is 4.79 Å². The van der Waals surface area contributed by atoms with Gasteiger partial charge in [-0.05, 0) is 25.6 Å². The summed E-state index contributed by atoms with van der Waals surface area (Å²) in [5.74, 6) is -1.88. The smallest absolute Gasteiger partial charge is 0.451 e. The van der Waals surface area contributed by atoms with Gasteiger partial charge in [-0.25, -0.2) is 0 Å². The number of carboxylic acids is 1. The van der Waals surface area contributed by atoms with E-state index in [0.717, 1.165) is 23.6 Å². The Morgan fingerprint density at radius 1 is 1.31 bits per heavy atom. The maximum atomic E-state index is 12.7. The molecule has 2 rings (SSSR count). The highest BCUT2D eigenvalue weighted by atomic mass is 32.2. The third-order valence-electron chi connectivity index (χ3n) is 5.46. The van der Waals surface area contributed by atoms with Crippen LogP contribution in [0, 0.1) is 5.92 Å². The highest BCUT2D eigenvalue weighted by molar-refractivity contribution is 7.87. The van der Waals surface area contributed by atoms with E-state index in [9.17, 15) is 18.3 Å². The summed E-state index contributed by atoms with van der Waals surface area (Å²) < 4.78 is 29.1. The summed E-state index contributed by atoms with van der Waals surface area (Å²) in [5.41, 5.74) is 10.3. The predicted octanol–water partition coefficient (Wildman–Crippen LogP) is -1.94. The minimum atomic E-state index is -3.91. The number of nitrogens with zero attached hydrogens (tertiary/aromatic N) is 1. The molecule has 0 amide bonds. The standard InChI is InChI=1S/C14H29BN4O6S/c16-11-5-1-2-6-12(11)18-26(24,25)19-8-10(4-3-7-15(22)23)14(17,9-19)13(20)21/h10-12,18,22-23H,1-9,16-17H2,(H,20,21)/t10-,11?,12?,14-/m0/s1. The van der Waals surface area contributed by atoms with Crippen LogP contribution in [-0.4, -0.2) is 71.7 Å².